The van der Waals surface area contributed by atoms with Gasteiger partial charge in [-0.05, 0) is 65.2 Å². The molecule has 186 valence electrons. The summed E-state index contributed by atoms with van der Waals surface area (Å²) in [5.41, 5.74) is 2.81. The van der Waals surface area contributed by atoms with Gasteiger partial charge >= 0.3 is 17.8 Å². The number of hydroxylamine groups is 1. The first-order valence-corrected chi connectivity index (χ1v) is 11.0. The van der Waals surface area contributed by atoms with E-state index in [2.05, 4.69) is 5.48 Å². The summed E-state index contributed by atoms with van der Waals surface area (Å²) in [7, 11) is 0. The molecular formula is C24H31NO9. The average molecular weight is 478 g/mol. The number of hydrogen-bond donors (Lipinski definition) is 1. The van der Waals surface area contributed by atoms with Crippen molar-refractivity contribution in [3.05, 3.63) is 57.5 Å². The van der Waals surface area contributed by atoms with Gasteiger partial charge in [-0.1, -0.05) is 12.1 Å². The molecule has 1 aromatic heterocycles. The summed E-state index contributed by atoms with van der Waals surface area (Å²) in [4.78, 5) is 52.9. The molecule has 0 saturated heterocycles. The van der Waals surface area contributed by atoms with E-state index >= 15 is 0 Å². The van der Waals surface area contributed by atoms with Crippen molar-refractivity contribution in [2.75, 3.05) is 6.61 Å². The third kappa shape index (κ3) is 8.86. The number of hydrogen-bond acceptors (Lipinski definition) is 9. The Hall–Kier alpha value is -3.40. The fourth-order valence-electron chi connectivity index (χ4n) is 3.01. The van der Waals surface area contributed by atoms with Crippen LogP contribution in [0.3, 0.4) is 0 Å². The Bertz CT molecular complexity index is 1030. The lowest BCUT2D eigenvalue weighted by Crippen LogP contribution is -2.31. The number of carbonyl (C=O) groups excluding carboxylic acids is 3. The van der Waals surface area contributed by atoms with E-state index in [1.54, 1.807) is 52.0 Å². The Labute approximate surface area is 197 Å². The van der Waals surface area contributed by atoms with Crippen LogP contribution in [0, 0.1) is 12.8 Å². The van der Waals surface area contributed by atoms with Crippen molar-refractivity contribution < 1.29 is 37.5 Å². The van der Waals surface area contributed by atoms with Crippen LogP contribution in [0.2, 0.25) is 0 Å². The van der Waals surface area contributed by atoms with E-state index in [0.717, 1.165) is 5.56 Å². The fraction of sp³-hybridized carbons (Fsp3) is 0.500. The lowest BCUT2D eigenvalue weighted by molar-refractivity contribution is -0.160. The first kappa shape index (κ1) is 26.8. The van der Waals surface area contributed by atoms with Crippen LogP contribution in [-0.4, -0.2) is 30.1 Å². The van der Waals surface area contributed by atoms with Crippen LogP contribution >= 0.6 is 0 Å². The molecule has 10 heteroatoms. The van der Waals surface area contributed by atoms with Gasteiger partial charge in [-0.2, -0.15) is 0 Å². The highest BCUT2D eigenvalue weighted by atomic mass is 16.7. The summed E-state index contributed by atoms with van der Waals surface area (Å²) >= 11 is 0. The first-order valence-electron chi connectivity index (χ1n) is 11.0. The molecular weight excluding hydrogens is 446 g/mol. The molecule has 0 radical (unpaired) electrons. The second kappa shape index (κ2) is 12.2. The standard InChI is InChI=1S/C24H31NO9/c1-6-30-21(27)17-9-7-16(8-10-17)13-18(22(28)34-24(3,4)5)11-12-20(26)25-31-14-19-15(2)32-23(29)33-19/h7-10,18H,6,11-14H2,1-5H3,(H,25,26). The zero-order chi connectivity index (χ0) is 25.3. The topological polar surface area (TPSA) is 134 Å². The van der Waals surface area contributed by atoms with Crippen LogP contribution in [0.4, 0.5) is 0 Å². The van der Waals surface area contributed by atoms with Crippen LogP contribution < -0.4 is 11.3 Å². The summed E-state index contributed by atoms with van der Waals surface area (Å²) in [5.74, 6) is -2.30. The van der Waals surface area contributed by atoms with E-state index < -0.39 is 35.2 Å². The Morgan fingerprint density at radius 1 is 1.09 bits per heavy atom. The van der Waals surface area contributed by atoms with E-state index in [1.165, 1.54) is 6.92 Å². The molecule has 1 heterocycles. The zero-order valence-electron chi connectivity index (χ0n) is 20.1. The van der Waals surface area contributed by atoms with Gasteiger partial charge in [0.15, 0.2) is 5.76 Å². The SMILES string of the molecule is CCOC(=O)c1ccc(CC(CCC(=O)NOCc2oc(=O)oc2C)C(=O)OC(C)(C)C)cc1. The maximum Gasteiger partial charge on any atom is 0.519 e. The molecule has 2 rings (SSSR count). The molecule has 1 aromatic carbocycles. The van der Waals surface area contributed by atoms with Crippen LogP contribution in [0.5, 0.6) is 0 Å². The maximum absolute atomic E-state index is 12.8. The molecule has 2 aromatic rings. The van der Waals surface area contributed by atoms with Crippen LogP contribution in [0.1, 0.15) is 68.0 Å². The Balaban J connectivity index is 1.96. The normalized spacial score (nSPS) is 12.1. The lowest BCUT2D eigenvalue weighted by atomic mass is 9.94. The van der Waals surface area contributed by atoms with E-state index in [4.69, 9.17) is 23.1 Å². The highest BCUT2D eigenvalue weighted by Crippen LogP contribution is 2.20. The molecule has 0 bridgehead atoms. The summed E-state index contributed by atoms with van der Waals surface area (Å²) in [6, 6.07) is 6.76. The van der Waals surface area contributed by atoms with Crippen molar-refractivity contribution in [1.29, 1.82) is 0 Å². The summed E-state index contributed by atoms with van der Waals surface area (Å²) in [5, 5.41) is 0. The van der Waals surface area contributed by atoms with Crippen molar-refractivity contribution in [2.24, 2.45) is 5.92 Å². The molecule has 0 aliphatic carbocycles. The molecule has 0 fully saturated rings. The number of benzene rings is 1. The predicted octanol–water partition coefficient (Wildman–Crippen LogP) is 3.25. The molecule has 10 nitrogen and oxygen atoms in total. The van der Waals surface area contributed by atoms with Crippen molar-refractivity contribution >= 4 is 17.8 Å². The Morgan fingerprint density at radius 2 is 1.76 bits per heavy atom. The van der Waals surface area contributed by atoms with Crippen LogP contribution in [0.15, 0.2) is 37.9 Å². The van der Waals surface area contributed by atoms with Crippen molar-refractivity contribution in [3.8, 4) is 0 Å². The number of rotatable bonds is 11. The molecule has 1 unspecified atom stereocenters. The highest BCUT2D eigenvalue weighted by Gasteiger charge is 2.26. The van der Waals surface area contributed by atoms with Gasteiger partial charge in [-0.25, -0.2) is 15.1 Å². The van der Waals surface area contributed by atoms with Crippen molar-refractivity contribution in [1.82, 2.24) is 5.48 Å². The van der Waals surface area contributed by atoms with E-state index in [1.807, 2.05) is 0 Å². The Morgan fingerprint density at radius 3 is 2.32 bits per heavy atom. The van der Waals surface area contributed by atoms with Crippen LogP contribution in [0.25, 0.3) is 0 Å². The number of aryl methyl sites for hydroxylation is 1. The van der Waals surface area contributed by atoms with Gasteiger partial charge in [-0.15, -0.1) is 0 Å². The predicted molar refractivity (Wildman–Crippen MR) is 120 cm³/mol. The third-order valence-electron chi connectivity index (χ3n) is 4.63. The zero-order valence-corrected chi connectivity index (χ0v) is 20.1. The number of esters is 2. The largest absolute Gasteiger partial charge is 0.519 e. The van der Waals surface area contributed by atoms with E-state index in [-0.39, 0.29) is 37.6 Å². The second-order valence-corrected chi connectivity index (χ2v) is 8.64. The third-order valence-corrected chi connectivity index (χ3v) is 4.63. The monoisotopic (exact) mass is 477 g/mol. The first-order chi connectivity index (χ1) is 16.0. The smallest absolute Gasteiger partial charge is 0.462 e. The van der Waals surface area contributed by atoms with Gasteiger partial charge in [0.1, 0.15) is 18.0 Å². The summed E-state index contributed by atoms with van der Waals surface area (Å²) < 4.78 is 20.0. The molecule has 1 amide bonds. The minimum Gasteiger partial charge on any atom is -0.462 e. The van der Waals surface area contributed by atoms with Crippen molar-refractivity contribution in [2.45, 2.75) is 66.1 Å². The van der Waals surface area contributed by atoms with E-state index in [0.29, 0.717) is 12.0 Å². The van der Waals surface area contributed by atoms with Gasteiger partial charge in [0.2, 0.25) is 5.91 Å². The Kier molecular flexibility index (Phi) is 9.61. The van der Waals surface area contributed by atoms with Gasteiger partial charge in [0.25, 0.3) is 0 Å². The molecule has 0 aliphatic heterocycles. The molecule has 0 spiro atoms. The quantitative estimate of drug-likeness (QED) is 0.382. The van der Waals surface area contributed by atoms with Gasteiger partial charge < -0.3 is 18.3 Å². The molecule has 34 heavy (non-hydrogen) atoms. The van der Waals surface area contributed by atoms with Gasteiger partial charge in [0, 0.05) is 6.42 Å². The molecule has 1 N–H and O–H groups in total. The minimum absolute atomic E-state index is 0.000857. The number of nitrogens with one attached hydrogen (secondary N) is 1. The highest BCUT2D eigenvalue weighted by molar-refractivity contribution is 5.89. The van der Waals surface area contributed by atoms with Gasteiger partial charge in [-0.3, -0.25) is 14.4 Å². The lowest BCUT2D eigenvalue weighted by Gasteiger charge is -2.24. The van der Waals surface area contributed by atoms with E-state index in [9.17, 15) is 19.2 Å². The molecule has 1 atom stereocenters. The fourth-order valence-corrected chi connectivity index (χ4v) is 3.01. The second-order valence-electron chi connectivity index (χ2n) is 8.64. The average Bonchev–Trinajstić information content (AvgIpc) is 3.07. The maximum atomic E-state index is 12.8. The van der Waals surface area contributed by atoms with Crippen LogP contribution in [-0.2, 0) is 36.9 Å². The number of amides is 1. The van der Waals surface area contributed by atoms with Gasteiger partial charge in [0.05, 0.1) is 18.1 Å². The minimum atomic E-state index is -0.849. The molecule has 0 saturated carbocycles. The summed E-state index contributed by atoms with van der Waals surface area (Å²) in [6.45, 7) is 8.69. The number of carbonyl (C=O) groups is 3. The summed E-state index contributed by atoms with van der Waals surface area (Å²) in [6.07, 6.45) is 0.536. The van der Waals surface area contributed by atoms with Crippen molar-refractivity contribution in [3.63, 3.8) is 0 Å². The number of ether oxygens (including phenoxy) is 2. The molecule has 0 aliphatic rings.